The summed E-state index contributed by atoms with van der Waals surface area (Å²) in [5, 5.41) is 11.8. The summed E-state index contributed by atoms with van der Waals surface area (Å²) >= 11 is 0. The Labute approximate surface area is 97.1 Å². The van der Waals surface area contributed by atoms with Crippen molar-refractivity contribution < 1.29 is 27.6 Å². The predicted octanol–water partition coefficient (Wildman–Crippen LogP) is 1.85. The number of nitrogens with zero attached hydrogens (tertiary/aromatic N) is 3. The Bertz CT molecular complexity index is 594. The normalized spacial score (nSPS) is 11.5. The first kappa shape index (κ1) is 12.0. The topological polar surface area (TPSA) is 89.1 Å². The molecule has 0 bridgehead atoms. The molecule has 0 aliphatic carbocycles. The predicted molar refractivity (Wildman–Crippen MR) is 49.5 cm³/mol. The Morgan fingerprint density at radius 2 is 2.00 bits per heavy atom. The second kappa shape index (κ2) is 4.09. The van der Waals surface area contributed by atoms with Gasteiger partial charge in [-0.1, -0.05) is 11.2 Å². The highest BCUT2D eigenvalue weighted by molar-refractivity contribution is 5.85. The van der Waals surface area contributed by atoms with Gasteiger partial charge in [0, 0.05) is 0 Å². The van der Waals surface area contributed by atoms with Gasteiger partial charge in [-0.25, -0.2) is 9.78 Å². The highest BCUT2D eigenvalue weighted by atomic mass is 19.4. The summed E-state index contributed by atoms with van der Waals surface area (Å²) in [6, 6.07) is 3.78. The quantitative estimate of drug-likeness (QED) is 0.885. The van der Waals surface area contributed by atoms with Crippen molar-refractivity contribution in [3.05, 3.63) is 29.8 Å². The van der Waals surface area contributed by atoms with Crippen LogP contribution < -0.4 is 0 Å². The van der Waals surface area contributed by atoms with Gasteiger partial charge in [0.2, 0.25) is 5.82 Å². The van der Waals surface area contributed by atoms with Crippen LogP contribution in [0.2, 0.25) is 0 Å². The SMILES string of the molecule is O=C(O)c1cccc(-c2noc(C(F)(F)F)n2)n1. The van der Waals surface area contributed by atoms with Crippen molar-refractivity contribution in [1.82, 2.24) is 15.1 Å². The number of rotatable bonds is 2. The van der Waals surface area contributed by atoms with Gasteiger partial charge < -0.3 is 9.63 Å². The molecule has 6 nitrogen and oxygen atoms in total. The fraction of sp³-hybridized carbons (Fsp3) is 0.111. The molecule has 0 saturated heterocycles. The smallest absolute Gasteiger partial charge is 0.471 e. The van der Waals surface area contributed by atoms with E-state index in [4.69, 9.17) is 5.11 Å². The number of aromatic nitrogens is 3. The molecule has 0 spiro atoms. The van der Waals surface area contributed by atoms with E-state index in [0.29, 0.717) is 0 Å². The Morgan fingerprint density at radius 3 is 2.56 bits per heavy atom. The van der Waals surface area contributed by atoms with Gasteiger partial charge in [0.05, 0.1) is 0 Å². The average Bonchev–Trinajstić information content (AvgIpc) is 2.78. The van der Waals surface area contributed by atoms with Crippen LogP contribution in [-0.2, 0) is 6.18 Å². The number of aromatic carboxylic acids is 1. The first-order chi connectivity index (χ1) is 8.38. The van der Waals surface area contributed by atoms with E-state index in [0.717, 1.165) is 0 Å². The molecule has 0 fully saturated rings. The molecule has 0 unspecified atom stereocenters. The molecule has 18 heavy (non-hydrogen) atoms. The maximum Gasteiger partial charge on any atom is 0.471 e. The summed E-state index contributed by atoms with van der Waals surface area (Å²) in [5.74, 6) is -3.25. The molecule has 9 heteroatoms. The number of pyridine rings is 1. The van der Waals surface area contributed by atoms with Gasteiger partial charge >= 0.3 is 18.0 Å². The van der Waals surface area contributed by atoms with Crippen molar-refractivity contribution in [3.63, 3.8) is 0 Å². The molecule has 94 valence electrons. The number of hydrogen-bond donors (Lipinski definition) is 1. The van der Waals surface area contributed by atoms with Crippen molar-refractivity contribution in [2.24, 2.45) is 0 Å². The molecule has 2 rings (SSSR count). The summed E-state index contributed by atoms with van der Waals surface area (Å²) < 4.78 is 40.7. The van der Waals surface area contributed by atoms with Crippen LogP contribution in [0.4, 0.5) is 13.2 Å². The second-order valence-electron chi connectivity index (χ2n) is 3.13. The van der Waals surface area contributed by atoms with Crippen LogP contribution >= 0.6 is 0 Å². The maximum absolute atomic E-state index is 12.2. The van der Waals surface area contributed by atoms with Crippen LogP contribution in [0, 0.1) is 0 Å². The lowest BCUT2D eigenvalue weighted by Gasteiger charge is -1.97. The van der Waals surface area contributed by atoms with E-state index in [1.807, 2.05) is 0 Å². The van der Waals surface area contributed by atoms with Crippen LogP contribution in [0.3, 0.4) is 0 Å². The Morgan fingerprint density at radius 1 is 1.28 bits per heavy atom. The maximum atomic E-state index is 12.2. The van der Waals surface area contributed by atoms with Crippen LogP contribution in [0.1, 0.15) is 16.4 Å². The summed E-state index contributed by atoms with van der Waals surface area (Å²) in [7, 11) is 0. The van der Waals surface area contributed by atoms with Crippen LogP contribution in [-0.4, -0.2) is 26.2 Å². The van der Waals surface area contributed by atoms with E-state index >= 15 is 0 Å². The molecule has 2 aromatic rings. The van der Waals surface area contributed by atoms with E-state index in [9.17, 15) is 18.0 Å². The van der Waals surface area contributed by atoms with E-state index in [1.165, 1.54) is 18.2 Å². The molecule has 2 aromatic heterocycles. The van der Waals surface area contributed by atoms with Crippen molar-refractivity contribution in [2.45, 2.75) is 6.18 Å². The summed E-state index contributed by atoms with van der Waals surface area (Å²) in [4.78, 5) is 17.3. The molecular formula is C9H4F3N3O3. The van der Waals surface area contributed by atoms with Crippen LogP contribution in [0.5, 0.6) is 0 Å². The first-order valence-corrected chi connectivity index (χ1v) is 4.49. The van der Waals surface area contributed by atoms with Gasteiger partial charge in [0.1, 0.15) is 11.4 Å². The minimum absolute atomic E-state index is 0.117. The highest BCUT2D eigenvalue weighted by Crippen LogP contribution is 2.28. The Balaban J connectivity index is 2.40. The van der Waals surface area contributed by atoms with Gasteiger partial charge in [-0.3, -0.25) is 0 Å². The van der Waals surface area contributed by atoms with Crippen LogP contribution in [0.25, 0.3) is 11.5 Å². The first-order valence-electron chi connectivity index (χ1n) is 4.49. The number of carboxylic acid groups (broad SMARTS) is 1. The Hall–Kier alpha value is -2.45. The van der Waals surface area contributed by atoms with E-state index in [-0.39, 0.29) is 11.4 Å². The summed E-state index contributed by atoms with van der Waals surface area (Å²) in [6.07, 6.45) is -4.75. The van der Waals surface area contributed by atoms with Crippen molar-refractivity contribution in [1.29, 1.82) is 0 Å². The summed E-state index contributed by atoms with van der Waals surface area (Å²) in [5.41, 5.74) is -0.444. The summed E-state index contributed by atoms with van der Waals surface area (Å²) in [6.45, 7) is 0. The van der Waals surface area contributed by atoms with Crippen molar-refractivity contribution in [3.8, 4) is 11.5 Å². The molecule has 0 atom stereocenters. The van der Waals surface area contributed by atoms with Crippen LogP contribution in [0.15, 0.2) is 22.7 Å². The van der Waals surface area contributed by atoms with E-state index < -0.39 is 23.9 Å². The molecular weight excluding hydrogens is 255 g/mol. The number of carboxylic acids is 1. The molecule has 0 aromatic carbocycles. The minimum Gasteiger partial charge on any atom is -0.477 e. The third kappa shape index (κ3) is 2.29. The average molecular weight is 259 g/mol. The zero-order chi connectivity index (χ0) is 13.3. The lowest BCUT2D eigenvalue weighted by Crippen LogP contribution is -2.05. The number of alkyl halides is 3. The second-order valence-corrected chi connectivity index (χ2v) is 3.13. The lowest BCUT2D eigenvalue weighted by atomic mass is 10.3. The third-order valence-electron chi connectivity index (χ3n) is 1.87. The van der Waals surface area contributed by atoms with Gasteiger partial charge in [-0.15, -0.1) is 0 Å². The third-order valence-corrected chi connectivity index (χ3v) is 1.87. The Kier molecular flexibility index (Phi) is 2.73. The standard InChI is InChI=1S/C9H4F3N3O3/c10-9(11,12)8-14-6(15-18-8)4-2-1-3-5(13-4)7(16)17/h1-3H,(H,16,17). The highest BCUT2D eigenvalue weighted by Gasteiger charge is 2.38. The van der Waals surface area contributed by atoms with E-state index in [1.54, 1.807) is 0 Å². The molecule has 0 aliphatic rings. The molecule has 0 amide bonds. The minimum atomic E-state index is -4.75. The van der Waals surface area contributed by atoms with Gasteiger partial charge in [0.15, 0.2) is 0 Å². The number of halogens is 3. The fourth-order valence-corrected chi connectivity index (χ4v) is 1.12. The monoisotopic (exact) mass is 259 g/mol. The molecule has 0 radical (unpaired) electrons. The lowest BCUT2D eigenvalue weighted by molar-refractivity contribution is -0.159. The molecule has 0 aliphatic heterocycles. The fourth-order valence-electron chi connectivity index (χ4n) is 1.12. The van der Waals surface area contributed by atoms with Gasteiger partial charge in [0.25, 0.3) is 0 Å². The van der Waals surface area contributed by atoms with Gasteiger partial charge in [-0.2, -0.15) is 18.2 Å². The molecule has 0 saturated carbocycles. The zero-order valence-corrected chi connectivity index (χ0v) is 8.47. The van der Waals surface area contributed by atoms with Crippen molar-refractivity contribution in [2.75, 3.05) is 0 Å². The van der Waals surface area contributed by atoms with Crippen molar-refractivity contribution >= 4 is 5.97 Å². The molecule has 2 heterocycles. The number of carbonyl (C=O) groups is 1. The molecule has 1 N–H and O–H groups in total. The number of hydrogen-bond acceptors (Lipinski definition) is 5. The zero-order valence-electron chi connectivity index (χ0n) is 8.47. The van der Waals surface area contributed by atoms with E-state index in [2.05, 4.69) is 19.6 Å². The van der Waals surface area contributed by atoms with Gasteiger partial charge in [-0.05, 0) is 12.1 Å². The largest absolute Gasteiger partial charge is 0.477 e.